The molecular weight excluding hydrogens is 394 g/mol. The highest BCUT2D eigenvalue weighted by molar-refractivity contribution is 5.98. The molecule has 2 saturated heterocycles. The van der Waals surface area contributed by atoms with Crippen LogP contribution < -0.4 is 38.5 Å². The molecule has 0 spiro atoms. The predicted octanol–water partition coefficient (Wildman–Crippen LogP) is -1.36. The molecule has 11 heteroatoms. The van der Waals surface area contributed by atoms with Gasteiger partial charge >= 0.3 is 0 Å². The third-order valence-corrected chi connectivity index (χ3v) is 5.49. The number of hydrogen-bond donors (Lipinski definition) is 5. The zero-order valence-electron chi connectivity index (χ0n) is 17.5. The summed E-state index contributed by atoms with van der Waals surface area (Å²) in [5.41, 5.74) is 31.7. The molecule has 0 radical (unpaired) electrons. The van der Waals surface area contributed by atoms with Gasteiger partial charge in [0.2, 0.25) is 11.9 Å². The van der Waals surface area contributed by atoms with Crippen molar-refractivity contribution in [2.24, 2.45) is 33.7 Å². The summed E-state index contributed by atoms with van der Waals surface area (Å²) in [5.74, 6) is 1.50. The number of nitrogens with zero attached hydrogens (tertiary/aromatic N) is 6. The first kappa shape index (κ1) is 21.4. The lowest BCUT2D eigenvalue weighted by Gasteiger charge is -2.36. The molecule has 4 atom stereocenters. The van der Waals surface area contributed by atoms with Gasteiger partial charge in [0.25, 0.3) is 5.95 Å². The fourth-order valence-electron chi connectivity index (χ4n) is 4.14. The molecule has 0 unspecified atom stereocenters. The molecule has 0 amide bonds. The Morgan fingerprint density at radius 2 is 1.19 bits per heavy atom. The average molecular weight is 426 g/mol. The Morgan fingerprint density at radius 1 is 0.742 bits per heavy atom. The van der Waals surface area contributed by atoms with E-state index in [4.69, 9.17) is 33.7 Å². The number of hydrogen-bond acceptors (Lipinski definition) is 10. The summed E-state index contributed by atoms with van der Waals surface area (Å²) in [7, 11) is 0. The number of piperidine rings is 2. The zero-order valence-corrected chi connectivity index (χ0v) is 17.5. The summed E-state index contributed by atoms with van der Waals surface area (Å²) >= 11 is 0. The van der Waals surface area contributed by atoms with Crippen LogP contribution in [-0.2, 0) is 0 Å². The minimum Gasteiger partial charge on any atom is -0.383 e. The summed E-state index contributed by atoms with van der Waals surface area (Å²) in [4.78, 5) is 22.2. The average Bonchev–Trinajstić information content (AvgIpc) is 2.73. The Hall–Kier alpha value is -2.86. The van der Waals surface area contributed by atoms with Gasteiger partial charge in [0, 0.05) is 55.9 Å². The second-order valence-electron chi connectivity index (χ2n) is 8.42. The fraction of sp³-hybridized carbons (Fsp3) is 0.500. The molecule has 166 valence electrons. The molecule has 31 heavy (non-hydrogen) atoms. The SMILES string of the molecule is N/C(=N\c1nc(N2C[C@H](N)C[C@H](N)C2)nc(N2C[C@H](N)C[C@H](N)C2)n1)c1ccccc1. The smallest absolute Gasteiger partial charge is 0.257 e. The first-order valence-electron chi connectivity index (χ1n) is 10.5. The number of aliphatic imine (C=N–C) groups is 1. The lowest BCUT2D eigenvalue weighted by molar-refractivity contribution is 0.441. The highest BCUT2D eigenvalue weighted by Crippen LogP contribution is 2.23. The molecule has 4 rings (SSSR count). The van der Waals surface area contributed by atoms with Crippen molar-refractivity contribution in [1.29, 1.82) is 0 Å². The molecule has 0 aliphatic carbocycles. The van der Waals surface area contributed by atoms with Gasteiger partial charge in [-0.25, -0.2) is 0 Å². The van der Waals surface area contributed by atoms with Gasteiger partial charge in [0.05, 0.1) is 0 Å². The Kier molecular flexibility index (Phi) is 6.28. The summed E-state index contributed by atoms with van der Waals surface area (Å²) in [5, 5.41) is 0. The second-order valence-corrected chi connectivity index (χ2v) is 8.42. The minimum atomic E-state index is -0.0536. The molecule has 2 aliphatic heterocycles. The van der Waals surface area contributed by atoms with E-state index in [1.807, 2.05) is 40.1 Å². The van der Waals surface area contributed by atoms with Crippen LogP contribution in [0.3, 0.4) is 0 Å². The molecule has 1 aromatic carbocycles. The van der Waals surface area contributed by atoms with E-state index in [9.17, 15) is 0 Å². The summed E-state index contributed by atoms with van der Waals surface area (Å²) in [6, 6.07) is 9.26. The first-order chi connectivity index (χ1) is 14.9. The highest BCUT2D eigenvalue weighted by atomic mass is 15.4. The molecule has 2 fully saturated rings. The van der Waals surface area contributed by atoms with E-state index in [1.54, 1.807) is 0 Å². The van der Waals surface area contributed by atoms with Crippen molar-refractivity contribution >= 4 is 23.7 Å². The van der Waals surface area contributed by atoms with Gasteiger partial charge in [-0.3, -0.25) is 0 Å². The summed E-state index contributed by atoms with van der Waals surface area (Å²) < 4.78 is 0. The Balaban J connectivity index is 1.71. The van der Waals surface area contributed by atoms with Crippen LogP contribution in [0.5, 0.6) is 0 Å². The van der Waals surface area contributed by atoms with E-state index in [-0.39, 0.29) is 30.1 Å². The molecule has 2 aliphatic rings. The van der Waals surface area contributed by atoms with E-state index >= 15 is 0 Å². The Morgan fingerprint density at radius 3 is 1.65 bits per heavy atom. The van der Waals surface area contributed by atoms with E-state index in [1.165, 1.54) is 0 Å². The van der Waals surface area contributed by atoms with Crippen LogP contribution in [0.4, 0.5) is 17.8 Å². The van der Waals surface area contributed by atoms with Gasteiger partial charge < -0.3 is 38.5 Å². The first-order valence-corrected chi connectivity index (χ1v) is 10.5. The van der Waals surface area contributed by atoms with Gasteiger partial charge in [-0.15, -0.1) is 0 Å². The quantitative estimate of drug-likeness (QED) is 0.289. The standard InChI is InChI=1S/C20H31N11/c21-13-6-14(22)9-30(8-13)19-27-18(26-17(25)12-4-2-1-3-5-12)28-20(29-19)31-10-15(23)7-16(24)11-31/h1-5,13-16H,6-11,21-24H2,(H2,25,26,27,28,29)/t13-,14+,15-,16+. The monoisotopic (exact) mass is 425 g/mol. The zero-order chi connectivity index (χ0) is 22.0. The van der Waals surface area contributed by atoms with E-state index < -0.39 is 0 Å². The maximum atomic E-state index is 6.21. The van der Waals surface area contributed by atoms with Gasteiger partial charge in [-0.05, 0) is 12.8 Å². The van der Waals surface area contributed by atoms with E-state index in [0.717, 1.165) is 18.4 Å². The van der Waals surface area contributed by atoms with Crippen molar-refractivity contribution in [1.82, 2.24) is 15.0 Å². The van der Waals surface area contributed by atoms with Crippen LogP contribution in [0.2, 0.25) is 0 Å². The minimum absolute atomic E-state index is 0.0536. The van der Waals surface area contributed by atoms with Crippen molar-refractivity contribution < 1.29 is 0 Å². The largest absolute Gasteiger partial charge is 0.383 e. The van der Waals surface area contributed by atoms with Crippen molar-refractivity contribution in [3.05, 3.63) is 35.9 Å². The fourth-order valence-corrected chi connectivity index (χ4v) is 4.14. The van der Waals surface area contributed by atoms with Gasteiger partial charge in [0.15, 0.2) is 0 Å². The van der Waals surface area contributed by atoms with Crippen LogP contribution in [0, 0.1) is 0 Å². The number of amidine groups is 1. The van der Waals surface area contributed by atoms with Gasteiger partial charge in [-0.2, -0.15) is 19.9 Å². The number of rotatable bonds is 4. The summed E-state index contributed by atoms with van der Waals surface area (Å²) in [6.45, 7) is 2.42. The lowest BCUT2D eigenvalue weighted by atomic mass is 10.0. The maximum Gasteiger partial charge on any atom is 0.257 e. The number of nitrogens with two attached hydrogens (primary N) is 5. The second kappa shape index (κ2) is 9.10. The number of benzene rings is 1. The third kappa shape index (κ3) is 5.25. The molecule has 0 bridgehead atoms. The van der Waals surface area contributed by atoms with Gasteiger partial charge in [0.1, 0.15) is 5.84 Å². The molecule has 2 aromatic rings. The molecule has 3 heterocycles. The lowest BCUT2D eigenvalue weighted by Crippen LogP contribution is -2.54. The maximum absolute atomic E-state index is 6.21. The van der Waals surface area contributed by atoms with E-state index in [0.29, 0.717) is 43.9 Å². The topological polar surface area (TPSA) is 188 Å². The van der Waals surface area contributed by atoms with Crippen molar-refractivity contribution in [2.75, 3.05) is 36.0 Å². The van der Waals surface area contributed by atoms with Crippen LogP contribution in [-0.4, -0.2) is 71.1 Å². The normalized spacial score (nSPS) is 27.4. The number of anilines is 2. The third-order valence-electron chi connectivity index (χ3n) is 5.49. The number of aromatic nitrogens is 3. The van der Waals surface area contributed by atoms with E-state index in [2.05, 4.69) is 15.0 Å². The van der Waals surface area contributed by atoms with Crippen molar-refractivity contribution in [3.63, 3.8) is 0 Å². The van der Waals surface area contributed by atoms with Gasteiger partial charge in [-0.1, -0.05) is 30.3 Å². The van der Waals surface area contributed by atoms with Crippen molar-refractivity contribution in [2.45, 2.75) is 37.0 Å². The molecule has 1 aromatic heterocycles. The molecule has 11 nitrogen and oxygen atoms in total. The Labute approximate surface area is 181 Å². The van der Waals surface area contributed by atoms with Crippen LogP contribution in [0.25, 0.3) is 0 Å². The Bertz CT molecular complexity index is 854. The van der Waals surface area contributed by atoms with Crippen LogP contribution in [0.15, 0.2) is 35.3 Å². The van der Waals surface area contributed by atoms with Crippen molar-refractivity contribution in [3.8, 4) is 0 Å². The van der Waals surface area contributed by atoms with Crippen LogP contribution in [0.1, 0.15) is 18.4 Å². The summed E-state index contributed by atoms with van der Waals surface area (Å²) in [6.07, 6.45) is 1.52. The predicted molar refractivity (Wildman–Crippen MR) is 122 cm³/mol. The highest BCUT2D eigenvalue weighted by Gasteiger charge is 2.28. The molecular formula is C20H31N11. The molecule has 0 saturated carbocycles. The van der Waals surface area contributed by atoms with Crippen LogP contribution >= 0.6 is 0 Å². The molecule has 10 N–H and O–H groups in total.